The second kappa shape index (κ2) is 4.43. The van der Waals surface area contributed by atoms with Crippen molar-refractivity contribution in [1.29, 1.82) is 0 Å². The molecule has 4 bridgehead atoms. The highest BCUT2D eigenvalue weighted by atomic mass is 32.1. The summed E-state index contributed by atoms with van der Waals surface area (Å²) in [7, 11) is 0. The number of amides is 1. The number of hydrogen-bond donors (Lipinski definition) is 2. The van der Waals surface area contributed by atoms with E-state index in [1.165, 1.54) is 19.3 Å². The minimum atomic E-state index is -0.112. The first kappa shape index (κ1) is 14.3. The molecule has 0 aromatic carbocycles. The number of nitrogens with two attached hydrogens (primary N) is 1. The van der Waals surface area contributed by atoms with Crippen molar-refractivity contribution in [3.8, 4) is 0 Å². The van der Waals surface area contributed by atoms with Crippen LogP contribution >= 0.6 is 12.2 Å². The molecule has 4 rings (SSSR count). The van der Waals surface area contributed by atoms with Gasteiger partial charge in [0.05, 0.1) is 10.4 Å². The summed E-state index contributed by atoms with van der Waals surface area (Å²) in [4.78, 5) is 13.2. The maximum absolute atomic E-state index is 12.8. The molecule has 0 radical (unpaired) electrons. The quantitative estimate of drug-likeness (QED) is 0.784. The van der Waals surface area contributed by atoms with E-state index in [-0.39, 0.29) is 11.3 Å². The lowest BCUT2D eigenvalue weighted by Crippen LogP contribution is -2.60. The standard InChI is InChI=1S/C16H26N2OS/c1-14-5-11-6-15(2,8-14)10-16(7-11,9-14)13(19)18-4-3-12(17)20/h11H,3-10H2,1-2H3,(H2,17,20)(H,18,19). The zero-order valence-corrected chi connectivity index (χ0v) is 13.4. The molecule has 0 aromatic heterocycles. The normalized spacial score (nSPS) is 45.4. The minimum Gasteiger partial charge on any atom is -0.393 e. The number of hydrogen-bond acceptors (Lipinski definition) is 2. The molecule has 20 heavy (non-hydrogen) atoms. The van der Waals surface area contributed by atoms with E-state index < -0.39 is 0 Å². The van der Waals surface area contributed by atoms with Crippen LogP contribution in [0.1, 0.15) is 58.8 Å². The summed E-state index contributed by atoms with van der Waals surface area (Å²) in [5, 5.41) is 3.10. The summed E-state index contributed by atoms with van der Waals surface area (Å²) >= 11 is 4.88. The van der Waals surface area contributed by atoms with Gasteiger partial charge >= 0.3 is 0 Å². The van der Waals surface area contributed by atoms with Crippen molar-refractivity contribution in [2.45, 2.75) is 58.8 Å². The fourth-order valence-corrected chi connectivity index (χ4v) is 6.29. The molecular weight excluding hydrogens is 268 g/mol. The maximum atomic E-state index is 12.8. The SMILES string of the molecule is CC12CC3CC(C)(C1)CC(C(=O)NCCC(N)=S)(C3)C2. The predicted molar refractivity (Wildman–Crippen MR) is 84.3 cm³/mol. The predicted octanol–water partition coefficient (Wildman–Crippen LogP) is 2.78. The number of carbonyl (C=O) groups is 1. The van der Waals surface area contributed by atoms with Crippen LogP contribution < -0.4 is 11.1 Å². The van der Waals surface area contributed by atoms with E-state index in [9.17, 15) is 4.79 Å². The molecule has 0 heterocycles. The Morgan fingerprint density at radius 3 is 2.30 bits per heavy atom. The number of rotatable bonds is 4. The molecule has 0 aromatic rings. The van der Waals surface area contributed by atoms with Crippen LogP contribution in [0.4, 0.5) is 0 Å². The Kier molecular flexibility index (Phi) is 3.16. The Balaban J connectivity index is 1.75. The van der Waals surface area contributed by atoms with Crippen molar-refractivity contribution >= 4 is 23.1 Å². The molecular formula is C16H26N2OS. The first-order chi connectivity index (χ1) is 9.24. The first-order valence-electron chi connectivity index (χ1n) is 7.81. The molecule has 4 aliphatic carbocycles. The van der Waals surface area contributed by atoms with Gasteiger partial charge in [0.2, 0.25) is 5.91 Å². The van der Waals surface area contributed by atoms with Gasteiger partial charge in [-0.1, -0.05) is 26.1 Å². The number of carbonyl (C=O) groups excluding carboxylic acids is 1. The molecule has 0 spiro atoms. The van der Waals surface area contributed by atoms with Crippen molar-refractivity contribution in [2.75, 3.05) is 6.54 Å². The van der Waals surface area contributed by atoms with E-state index >= 15 is 0 Å². The van der Waals surface area contributed by atoms with Crippen LogP contribution in [0, 0.1) is 22.2 Å². The van der Waals surface area contributed by atoms with Gasteiger partial charge in [0.1, 0.15) is 0 Å². The second-order valence-electron chi connectivity index (χ2n) is 8.38. The second-order valence-corrected chi connectivity index (χ2v) is 8.91. The molecule has 2 atom stereocenters. The van der Waals surface area contributed by atoms with Gasteiger partial charge in [-0.15, -0.1) is 0 Å². The summed E-state index contributed by atoms with van der Waals surface area (Å²) in [5.41, 5.74) is 6.16. The van der Waals surface area contributed by atoms with E-state index in [1.807, 2.05) is 0 Å². The lowest BCUT2D eigenvalue weighted by molar-refractivity contribution is -0.170. The summed E-state index contributed by atoms with van der Waals surface area (Å²) in [6.45, 7) is 5.38. The highest BCUT2D eigenvalue weighted by molar-refractivity contribution is 7.80. The highest BCUT2D eigenvalue weighted by Crippen LogP contribution is 2.69. The molecule has 0 aliphatic heterocycles. The third-order valence-corrected chi connectivity index (χ3v) is 5.97. The zero-order valence-electron chi connectivity index (χ0n) is 12.6. The van der Waals surface area contributed by atoms with Gasteiger partial charge in [-0.3, -0.25) is 4.79 Å². The Morgan fingerprint density at radius 2 is 1.80 bits per heavy atom. The molecule has 0 saturated heterocycles. The van der Waals surface area contributed by atoms with Crippen LogP contribution in [0.3, 0.4) is 0 Å². The van der Waals surface area contributed by atoms with Crippen LogP contribution in [0.25, 0.3) is 0 Å². The molecule has 4 saturated carbocycles. The number of thiocarbonyl (C=S) groups is 1. The lowest BCUT2D eigenvalue weighted by atomic mass is 9.40. The summed E-state index contributed by atoms with van der Waals surface area (Å²) in [5.74, 6) is 1.01. The van der Waals surface area contributed by atoms with E-state index in [4.69, 9.17) is 18.0 Å². The van der Waals surface area contributed by atoms with Crippen LogP contribution in [-0.4, -0.2) is 17.4 Å². The highest BCUT2D eigenvalue weighted by Gasteiger charge is 2.62. The molecule has 112 valence electrons. The Bertz CT molecular complexity index is 443. The van der Waals surface area contributed by atoms with Crippen molar-refractivity contribution in [2.24, 2.45) is 27.9 Å². The molecule has 3 N–H and O–H groups in total. The van der Waals surface area contributed by atoms with Gasteiger partial charge in [-0.05, 0) is 55.3 Å². The van der Waals surface area contributed by atoms with E-state index in [0.29, 0.717) is 28.8 Å². The molecule has 4 heteroatoms. The Labute approximate surface area is 127 Å². The van der Waals surface area contributed by atoms with Crippen LogP contribution in [0.15, 0.2) is 0 Å². The van der Waals surface area contributed by atoms with Crippen molar-refractivity contribution in [1.82, 2.24) is 5.32 Å². The average molecular weight is 294 g/mol. The largest absolute Gasteiger partial charge is 0.393 e. The van der Waals surface area contributed by atoms with Crippen LogP contribution in [-0.2, 0) is 4.79 Å². The fourth-order valence-electron chi connectivity index (χ4n) is 6.19. The topological polar surface area (TPSA) is 55.1 Å². The van der Waals surface area contributed by atoms with Crippen LogP contribution in [0.5, 0.6) is 0 Å². The lowest BCUT2D eigenvalue weighted by Gasteiger charge is -2.64. The molecule has 2 unspecified atom stereocenters. The summed E-state index contributed by atoms with van der Waals surface area (Å²) < 4.78 is 0. The number of nitrogens with one attached hydrogen (secondary N) is 1. The van der Waals surface area contributed by atoms with Gasteiger partial charge < -0.3 is 11.1 Å². The van der Waals surface area contributed by atoms with Crippen molar-refractivity contribution < 1.29 is 4.79 Å². The Morgan fingerprint density at radius 1 is 1.20 bits per heavy atom. The summed E-state index contributed by atoms with van der Waals surface area (Å²) in [6.07, 6.45) is 7.80. The van der Waals surface area contributed by atoms with Gasteiger partial charge in [0.25, 0.3) is 0 Å². The van der Waals surface area contributed by atoms with Crippen molar-refractivity contribution in [3.05, 3.63) is 0 Å². The van der Waals surface area contributed by atoms with E-state index in [1.54, 1.807) is 0 Å². The maximum Gasteiger partial charge on any atom is 0.226 e. The molecule has 4 fully saturated rings. The monoisotopic (exact) mass is 294 g/mol. The fraction of sp³-hybridized carbons (Fsp3) is 0.875. The smallest absolute Gasteiger partial charge is 0.226 e. The molecule has 4 aliphatic rings. The van der Waals surface area contributed by atoms with Gasteiger partial charge in [-0.2, -0.15) is 0 Å². The van der Waals surface area contributed by atoms with E-state index in [2.05, 4.69) is 19.2 Å². The minimum absolute atomic E-state index is 0.112. The molecule has 1 amide bonds. The van der Waals surface area contributed by atoms with Gasteiger partial charge in [0.15, 0.2) is 0 Å². The summed E-state index contributed by atoms with van der Waals surface area (Å²) in [6, 6.07) is 0. The third kappa shape index (κ3) is 2.36. The average Bonchev–Trinajstić information content (AvgIpc) is 2.22. The Hall–Kier alpha value is -0.640. The van der Waals surface area contributed by atoms with E-state index in [0.717, 1.165) is 25.2 Å². The van der Waals surface area contributed by atoms with Crippen LogP contribution in [0.2, 0.25) is 0 Å². The zero-order chi connectivity index (χ0) is 14.6. The molecule has 3 nitrogen and oxygen atoms in total. The first-order valence-corrected chi connectivity index (χ1v) is 8.22. The van der Waals surface area contributed by atoms with Gasteiger partial charge in [0, 0.05) is 13.0 Å². The van der Waals surface area contributed by atoms with Crippen molar-refractivity contribution in [3.63, 3.8) is 0 Å². The van der Waals surface area contributed by atoms with Gasteiger partial charge in [-0.25, -0.2) is 0 Å². The third-order valence-electron chi connectivity index (χ3n) is 5.76.